The number of allylic oxidation sites excluding steroid dienone is 1. The predicted octanol–water partition coefficient (Wildman–Crippen LogP) is 5.20. The molecule has 0 amide bonds. The van der Waals surface area contributed by atoms with E-state index >= 15 is 0 Å². The lowest BCUT2D eigenvalue weighted by molar-refractivity contribution is 0.906. The van der Waals surface area contributed by atoms with Gasteiger partial charge in [-0.2, -0.15) is 10.5 Å². The predicted molar refractivity (Wildman–Crippen MR) is 160 cm³/mol. The van der Waals surface area contributed by atoms with Gasteiger partial charge in [0, 0.05) is 0 Å². The van der Waals surface area contributed by atoms with Crippen LogP contribution >= 0.6 is 11.3 Å². The highest BCUT2D eigenvalue weighted by Crippen LogP contribution is 2.36. The van der Waals surface area contributed by atoms with Crippen molar-refractivity contribution >= 4 is 28.8 Å². The molecule has 2 heterocycles. The van der Waals surface area contributed by atoms with Gasteiger partial charge in [-0.05, 0) is 39.5 Å². The topological polar surface area (TPSA) is 95.6 Å². The first-order chi connectivity index (χ1) is 19.6. The van der Waals surface area contributed by atoms with Crippen molar-refractivity contribution in [3.05, 3.63) is 145 Å². The zero-order valence-electron chi connectivity index (χ0n) is 21.3. The fourth-order valence-electron chi connectivity index (χ4n) is 5.04. The van der Waals surface area contributed by atoms with Crippen LogP contribution in [0.5, 0.6) is 0 Å². The van der Waals surface area contributed by atoms with Crippen molar-refractivity contribution in [3.8, 4) is 34.4 Å². The Bertz CT molecular complexity index is 2020. The van der Waals surface area contributed by atoms with Crippen LogP contribution in [0.15, 0.2) is 120 Å². The zero-order valence-corrected chi connectivity index (χ0v) is 22.1. The Morgan fingerprint density at radius 3 is 1.73 bits per heavy atom. The normalized spacial score (nSPS) is 14.9. The quantitative estimate of drug-likeness (QED) is 0.343. The van der Waals surface area contributed by atoms with Gasteiger partial charge in [0.25, 0.3) is 5.56 Å². The van der Waals surface area contributed by atoms with Gasteiger partial charge in [-0.25, -0.2) is 0 Å². The average molecular weight is 535 g/mol. The summed E-state index contributed by atoms with van der Waals surface area (Å²) in [4.78, 5) is 13.5. The van der Waals surface area contributed by atoms with Crippen molar-refractivity contribution < 1.29 is 0 Å². The van der Waals surface area contributed by atoms with E-state index in [1.165, 1.54) is 15.9 Å². The van der Waals surface area contributed by atoms with Gasteiger partial charge in [-0.15, -0.1) is 11.3 Å². The van der Waals surface area contributed by atoms with E-state index in [-0.39, 0.29) is 17.0 Å². The first-order valence-electron chi connectivity index (χ1n) is 12.7. The number of nitriles is 2. The molecule has 0 unspecified atom stereocenters. The van der Waals surface area contributed by atoms with Crippen LogP contribution in [0.1, 0.15) is 17.0 Å². The second-order valence-corrected chi connectivity index (χ2v) is 10.4. The van der Waals surface area contributed by atoms with Gasteiger partial charge in [0.15, 0.2) is 0 Å². The van der Waals surface area contributed by atoms with E-state index in [0.29, 0.717) is 14.8 Å². The number of nitrogens with two attached hydrogens (primary N) is 1. The van der Waals surface area contributed by atoms with Gasteiger partial charge in [0.1, 0.15) is 10.5 Å². The van der Waals surface area contributed by atoms with Gasteiger partial charge < -0.3 is 5.73 Å². The van der Waals surface area contributed by atoms with Crippen molar-refractivity contribution in [2.75, 3.05) is 0 Å². The Morgan fingerprint density at radius 2 is 1.20 bits per heavy atom. The maximum Gasteiger partial charge on any atom is 0.274 e. The molecule has 2 N–H and O–H groups in total. The molecule has 40 heavy (non-hydrogen) atoms. The van der Waals surface area contributed by atoms with Crippen molar-refractivity contribution in [2.24, 2.45) is 5.73 Å². The second kappa shape index (κ2) is 10.4. The molecule has 0 aliphatic carbocycles. The Morgan fingerprint density at radius 1 is 0.700 bits per heavy atom. The van der Waals surface area contributed by atoms with Crippen molar-refractivity contribution in [2.45, 2.75) is 5.92 Å². The minimum Gasteiger partial charge on any atom is -0.384 e. The lowest BCUT2D eigenvalue weighted by Crippen LogP contribution is -2.38. The molecule has 6 heteroatoms. The molecule has 0 fully saturated rings. The largest absolute Gasteiger partial charge is 0.384 e. The lowest BCUT2D eigenvalue weighted by atomic mass is 9.84. The Labute approximate surface area is 234 Å². The van der Waals surface area contributed by atoms with Crippen LogP contribution in [0.25, 0.3) is 39.7 Å². The van der Waals surface area contributed by atoms with Gasteiger partial charge in [0.05, 0.1) is 33.7 Å². The molecule has 0 spiro atoms. The van der Waals surface area contributed by atoms with E-state index in [4.69, 9.17) is 5.73 Å². The summed E-state index contributed by atoms with van der Waals surface area (Å²) >= 11 is 1.22. The third kappa shape index (κ3) is 4.33. The minimum absolute atomic E-state index is 0.0639. The molecule has 5 aromatic rings. The monoisotopic (exact) mass is 534 g/mol. The first-order valence-corrected chi connectivity index (χ1v) is 13.5. The van der Waals surface area contributed by atoms with E-state index in [9.17, 15) is 15.3 Å². The highest BCUT2D eigenvalue weighted by Gasteiger charge is 2.32. The van der Waals surface area contributed by atoms with E-state index in [2.05, 4.69) is 12.1 Å². The fraction of sp³-hybridized carbons (Fsp3) is 0.0294. The molecule has 4 aromatic carbocycles. The van der Waals surface area contributed by atoms with Crippen LogP contribution < -0.4 is 20.5 Å². The number of benzene rings is 4. The maximum atomic E-state index is 13.5. The highest BCUT2D eigenvalue weighted by molar-refractivity contribution is 7.07. The van der Waals surface area contributed by atoms with Crippen LogP contribution in [0.2, 0.25) is 0 Å². The summed E-state index contributed by atoms with van der Waals surface area (Å²) in [6.07, 6.45) is 1.80. The molecule has 5 nitrogen and oxygen atoms in total. The summed E-state index contributed by atoms with van der Waals surface area (Å²) in [7, 11) is 0. The third-order valence-corrected chi connectivity index (χ3v) is 8.16. The number of thiazole rings is 1. The average Bonchev–Trinajstić information content (AvgIpc) is 3.34. The molecule has 1 atom stereocenters. The summed E-state index contributed by atoms with van der Waals surface area (Å²) in [5.74, 6) is -0.593. The SMILES string of the molecule is N#CC1=C(N)n2c(s/c(=C\c3ccc(-c4ccccc4)cc3)c2=O)=C(C#N)[C@@H]1c1ccc(-c2ccccc2)cc1. The van der Waals surface area contributed by atoms with E-state index < -0.39 is 5.92 Å². The molecule has 0 saturated carbocycles. The standard InChI is InChI=1S/C34H22N4OS/c35-20-28-31(27-17-15-26(16-18-27)24-9-5-2-6-10-24)29(21-36)34-38(32(28)37)33(39)30(40-34)19-22-11-13-25(14-12-22)23-7-3-1-4-8-23/h1-19,31H,37H2/b30-19-/t31-/m1/s1. The van der Waals surface area contributed by atoms with Crippen molar-refractivity contribution in [1.82, 2.24) is 4.57 Å². The molecule has 190 valence electrons. The summed E-state index contributed by atoms with van der Waals surface area (Å²) in [6, 6.07) is 40.2. The van der Waals surface area contributed by atoms with E-state index in [1.807, 2.05) is 109 Å². The van der Waals surface area contributed by atoms with Crippen LogP contribution in [-0.4, -0.2) is 4.57 Å². The summed E-state index contributed by atoms with van der Waals surface area (Å²) in [5, 5.41) is 20.3. The van der Waals surface area contributed by atoms with Crippen LogP contribution in [0.4, 0.5) is 0 Å². The Hall–Kier alpha value is -5.43. The van der Waals surface area contributed by atoms with Gasteiger partial charge in [-0.3, -0.25) is 9.36 Å². The number of hydrogen-bond donors (Lipinski definition) is 1. The van der Waals surface area contributed by atoms with Gasteiger partial charge >= 0.3 is 0 Å². The summed E-state index contributed by atoms with van der Waals surface area (Å²) in [6.45, 7) is 0. The molecular formula is C34H22N4OS. The zero-order chi connectivity index (χ0) is 27.6. The van der Waals surface area contributed by atoms with E-state index in [0.717, 1.165) is 33.4 Å². The number of rotatable bonds is 4. The first kappa shape index (κ1) is 24.9. The molecular weight excluding hydrogens is 512 g/mol. The summed E-state index contributed by atoms with van der Waals surface area (Å²) in [5.41, 5.74) is 12.5. The number of fused-ring (bicyclic) bond motifs is 1. The molecule has 0 saturated heterocycles. The van der Waals surface area contributed by atoms with E-state index in [1.54, 1.807) is 6.08 Å². The van der Waals surface area contributed by atoms with Crippen molar-refractivity contribution in [3.63, 3.8) is 0 Å². The summed E-state index contributed by atoms with van der Waals surface area (Å²) < 4.78 is 2.20. The van der Waals surface area contributed by atoms with Gasteiger partial charge in [-0.1, -0.05) is 109 Å². The number of hydrogen-bond acceptors (Lipinski definition) is 5. The molecule has 6 rings (SSSR count). The third-order valence-electron chi connectivity index (χ3n) is 7.06. The maximum absolute atomic E-state index is 13.5. The second-order valence-electron chi connectivity index (χ2n) is 9.40. The minimum atomic E-state index is -0.657. The van der Waals surface area contributed by atoms with Crippen LogP contribution in [0, 0.1) is 22.7 Å². The highest BCUT2D eigenvalue weighted by atomic mass is 32.1. The van der Waals surface area contributed by atoms with Crippen molar-refractivity contribution in [1.29, 1.82) is 10.5 Å². The Kier molecular flexibility index (Phi) is 6.46. The molecule has 1 aliphatic rings. The number of aromatic nitrogens is 1. The lowest BCUT2D eigenvalue weighted by Gasteiger charge is -2.22. The molecule has 1 aromatic heterocycles. The molecule has 0 radical (unpaired) electrons. The fourth-order valence-corrected chi connectivity index (χ4v) is 6.17. The smallest absolute Gasteiger partial charge is 0.274 e. The van der Waals surface area contributed by atoms with Crippen LogP contribution in [0.3, 0.4) is 0 Å². The Balaban J connectivity index is 1.45. The number of nitrogens with zero attached hydrogens (tertiary/aromatic N) is 3. The van der Waals surface area contributed by atoms with Crippen LogP contribution in [-0.2, 0) is 0 Å². The van der Waals surface area contributed by atoms with Gasteiger partial charge in [0.2, 0.25) is 0 Å². The molecule has 1 aliphatic heterocycles. The molecule has 0 bridgehead atoms.